The Morgan fingerprint density at radius 3 is 1.56 bits per heavy atom. The van der Waals surface area contributed by atoms with Crippen LogP contribution in [0.5, 0.6) is 0 Å². The van der Waals surface area contributed by atoms with Crippen LogP contribution < -0.4 is 0 Å². The maximum Gasteiger partial charge on any atom is 0.410 e. The number of hydrogen-bond acceptors (Lipinski definition) is 5. The van der Waals surface area contributed by atoms with Crippen molar-refractivity contribution < 1.29 is 23.9 Å². The van der Waals surface area contributed by atoms with E-state index in [1.807, 2.05) is 0 Å². The van der Waals surface area contributed by atoms with Gasteiger partial charge in [0.1, 0.15) is 12.1 Å². The van der Waals surface area contributed by atoms with Gasteiger partial charge in [0.15, 0.2) is 0 Å². The lowest BCUT2D eigenvalue weighted by atomic mass is 10.1. The number of rotatable bonds is 18. The molecule has 0 aromatic rings. The highest BCUT2D eigenvalue weighted by Crippen LogP contribution is 2.10. The van der Waals surface area contributed by atoms with E-state index in [2.05, 4.69) is 13.8 Å². The Hall–Kier alpha value is -1.79. The van der Waals surface area contributed by atoms with Crippen molar-refractivity contribution in [2.45, 2.75) is 117 Å². The van der Waals surface area contributed by atoms with Crippen LogP contribution in [-0.4, -0.2) is 67.2 Å². The molecule has 0 fully saturated rings. The van der Waals surface area contributed by atoms with E-state index in [1.54, 1.807) is 27.9 Å². The number of hydrogen-bond donors (Lipinski definition) is 0. The monoisotopic (exact) mass is 456 g/mol. The highest BCUT2D eigenvalue weighted by Gasteiger charge is 2.31. The second-order valence-corrected chi connectivity index (χ2v) is 8.73. The molecule has 32 heavy (non-hydrogen) atoms. The van der Waals surface area contributed by atoms with Crippen LogP contribution >= 0.6 is 0 Å². The first kappa shape index (κ1) is 30.2. The number of esters is 1. The molecule has 0 aromatic carbocycles. The molecular weight excluding hydrogens is 408 g/mol. The van der Waals surface area contributed by atoms with Crippen molar-refractivity contribution in [3.63, 3.8) is 0 Å². The maximum absolute atomic E-state index is 12.8. The van der Waals surface area contributed by atoms with Crippen LogP contribution in [0.2, 0.25) is 0 Å². The maximum atomic E-state index is 12.8. The van der Waals surface area contributed by atoms with E-state index in [1.165, 1.54) is 48.3 Å². The first-order valence-corrected chi connectivity index (χ1v) is 12.6. The van der Waals surface area contributed by atoms with Crippen LogP contribution in [0, 0.1) is 0 Å². The summed E-state index contributed by atoms with van der Waals surface area (Å²) in [4.78, 5) is 39.9. The zero-order valence-corrected chi connectivity index (χ0v) is 21.5. The summed E-state index contributed by atoms with van der Waals surface area (Å²) in [6, 6.07) is -1.44. The van der Waals surface area contributed by atoms with Gasteiger partial charge in [-0.2, -0.15) is 0 Å². The molecule has 0 aromatic heterocycles. The minimum atomic E-state index is -0.731. The molecule has 0 aliphatic heterocycles. The largest absolute Gasteiger partial charge is 0.464 e. The molecule has 0 rings (SSSR count). The summed E-state index contributed by atoms with van der Waals surface area (Å²) < 4.78 is 10.6. The first-order valence-electron chi connectivity index (χ1n) is 12.6. The molecule has 0 heterocycles. The van der Waals surface area contributed by atoms with Crippen LogP contribution in [0.15, 0.2) is 0 Å². The highest BCUT2D eigenvalue weighted by molar-refractivity contribution is 5.89. The van der Waals surface area contributed by atoms with Crippen LogP contribution in [0.3, 0.4) is 0 Å². The summed E-state index contributed by atoms with van der Waals surface area (Å²) in [5.74, 6) is -0.747. The average Bonchev–Trinajstić information content (AvgIpc) is 2.80. The van der Waals surface area contributed by atoms with Crippen molar-refractivity contribution in [2.24, 2.45) is 0 Å². The quantitative estimate of drug-likeness (QED) is 0.199. The fourth-order valence-electron chi connectivity index (χ4n) is 3.29. The van der Waals surface area contributed by atoms with Gasteiger partial charge in [-0.25, -0.2) is 9.59 Å². The molecule has 0 radical (unpaired) electrons. The van der Waals surface area contributed by atoms with Gasteiger partial charge in [-0.05, 0) is 26.7 Å². The lowest BCUT2D eigenvalue weighted by molar-refractivity contribution is -0.154. The van der Waals surface area contributed by atoms with Gasteiger partial charge in [0.05, 0.1) is 13.2 Å². The lowest BCUT2D eigenvalue weighted by Crippen LogP contribution is -2.51. The minimum absolute atomic E-state index is 0.326. The number of nitrogens with zero attached hydrogens (tertiary/aromatic N) is 2. The summed E-state index contributed by atoms with van der Waals surface area (Å²) in [6.07, 6.45) is 12.8. The predicted molar refractivity (Wildman–Crippen MR) is 129 cm³/mol. The highest BCUT2D eigenvalue weighted by atomic mass is 16.6. The van der Waals surface area contributed by atoms with Crippen LogP contribution in [0.1, 0.15) is 105 Å². The van der Waals surface area contributed by atoms with Gasteiger partial charge in [-0.15, -0.1) is 0 Å². The molecule has 0 bridgehead atoms. The van der Waals surface area contributed by atoms with E-state index in [0.717, 1.165) is 38.5 Å². The third kappa shape index (κ3) is 12.9. The Morgan fingerprint density at radius 2 is 1.06 bits per heavy atom. The first-order chi connectivity index (χ1) is 15.3. The Labute approximate surface area is 196 Å². The smallest absolute Gasteiger partial charge is 0.410 e. The normalized spacial score (nSPS) is 12.7. The zero-order chi connectivity index (χ0) is 24.4. The van der Waals surface area contributed by atoms with Crippen molar-refractivity contribution in [1.29, 1.82) is 0 Å². The standard InChI is InChI=1S/C25H48N2O5/c1-7-9-11-13-15-17-19-31-24(29)22(4)26(5)23(28)21(3)27(6)25(30)32-20-18-16-14-12-10-8-2/h21-22H,7-20H2,1-6H3. The van der Waals surface area contributed by atoms with Gasteiger partial charge in [0, 0.05) is 14.1 Å². The fraction of sp³-hybridized carbons (Fsp3) is 0.880. The fourth-order valence-corrected chi connectivity index (χ4v) is 3.29. The molecule has 7 heteroatoms. The Morgan fingerprint density at radius 1 is 0.625 bits per heavy atom. The number of carbonyl (C=O) groups is 3. The summed E-state index contributed by atoms with van der Waals surface area (Å²) >= 11 is 0. The molecule has 0 aliphatic rings. The molecule has 0 saturated heterocycles. The molecular formula is C25H48N2O5. The second kappa shape index (κ2) is 18.8. The van der Waals surface area contributed by atoms with Crippen LogP contribution in [0.4, 0.5) is 4.79 Å². The van der Waals surface area contributed by atoms with Crippen molar-refractivity contribution >= 4 is 18.0 Å². The second-order valence-electron chi connectivity index (χ2n) is 8.73. The number of likely N-dealkylation sites (N-methyl/N-ethyl adjacent to an activating group) is 2. The van der Waals surface area contributed by atoms with Crippen molar-refractivity contribution in [1.82, 2.24) is 9.80 Å². The van der Waals surface area contributed by atoms with Crippen LogP contribution in [-0.2, 0) is 19.1 Å². The third-order valence-corrected chi connectivity index (χ3v) is 5.96. The molecule has 2 atom stereocenters. The van der Waals surface area contributed by atoms with Gasteiger partial charge >= 0.3 is 12.1 Å². The lowest BCUT2D eigenvalue weighted by Gasteiger charge is -2.30. The van der Waals surface area contributed by atoms with E-state index in [0.29, 0.717) is 13.2 Å². The Kier molecular flexibility index (Phi) is 17.7. The summed E-state index contributed by atoms with van der Waals surface area (Å²) in [7, 11) is 3.10. The average molecular weight is 457 g/mol. The third-order valence-electron chi connectivity index (χ3n) is 5.96. The van der Waals surface area contributed by atoms with E-state index >= 15 is 0 Å². The zero-order valence-electron chi connectivity index (χ0n) is 21.5. The number of carbonyl (C=O) groups excluding carboxylic acids is 3. The molecule has 2 amide bonds. The van der Waals surface area contributed by atoms with Crippen molar-refractivity contribution in [3.05, 3.63) is 0 Å². The molecule has 0 aliphatic carbocycles. The predicted octanol–water partition coefficient (Wildman–Crippen LogP) is 5.55. The summed E-state index contributed by atoms with van der Waals surface area (Å²) in [6.45, 7) is 8.37. The van der Waals surface area contributed by atoms with Crippen molar-refractivity contribution in [3.8, 4) is 0 Å². The van der Waals surface area contributed by atoms with E-state index in [9.17, 15) is 14.4 Å². The van der Waals surface area contributed by atoms with E-state index in [-0.39, 0.29) is 5.91 Å². The summed E-state index contributed by atoms with van der Waals surface area (Å²) in [5, 5.41) is 0. The molecule has 188 valence electrons. The van der Waals surface area contributed by atoms with E-state index < -0.39 is 24.1 Å². The van der Waals surface area contributed by atoms with Gasteiger partial charge in [-0.3, -0.25) is 9.69 Å². The molecule has 0 spiro atoms. The molecule has 0 saturated carbocycles. The van der Waals surface area contributed by atoms with Gasteiger partial charge in [0.2, 0.25) is 5.91 Å². The number of unbranched alkanes of at least 4 members (excludes halogenated alkanes) is 10. The van der Waals surface area contributed by atoms with Gasteiger partial charge in [0.25, 0.3) is 0 Å². The minimum Gasteiger partial charge on any atom is -0.464 e. The number of ether oxygens (including phenoxy) is 2. The topological polar surface area (TPSA) is 76.2 Å². The van der Waals surface area contributed by atoms with Gasteiger partial charge < -0.3 is 14.4 Å². The van der Waals surface area contributed by atoms with Gasteiger partial charge in [-0.1, -0.05) is 78.1 Å². The Balaban J connectivity index is 4.26. The Bertz CT molecular complexity index is 482. The van der Waals surface area contributed by atoms with E-state index in [4.69, 9.17) is 9.47 Å². The molecule has 2 unspecified atom stereocenters. The summed E-state index contributed by atoms with van der Waals surface area (Å²) in [5.41, 5.74) is 0. The number of amides is 2. The molecule has 0 N–H and O–H groups in total. The van der Waals surface area contributed by atoms with Crippen LogP contribution in [0.25, 0.3) is 0 Å². The molecule has 7 nitrogen and oxygen atoms in total. The SMILES string of the molecule is CCCCCCCCOC(=O)C(C)N(C)C(=O)C(C)N(C)C(=O)OCCCCCCCC. The van der Waals surface area contributed by atoms with Crippen molar-refractivity contribution in [2.75, 3.05) is 27.3 Å².